The van der Waals surface area contributed by atoms with Crippen molar-refractivity contribution >= 4 is 28.8 Å². The Bertz CT molecular complexity index is 1710. The lowest BCUT2D eigenvalue weighted by Gasteiger charge is -2.26. The highest BCUT2D eigenvalue weighted by Crippen LogP contribution is 2.38. The highest BCUT2D eigenvalue weighted by molar-refractivity contribution is 5.93. The second-order valence-electron chi connectivity index (χ2n) is 10.2. The molecule has 3 aromatic carbocycles. The molecule has 46 heavy (non-hydrogen) atoms. The van der Waals surface area contributed by atoms with Gasteiger partial charge in [-0.1, -0.05) is 12.1 Å². The second-order valence-corrected chi connectivity index (χ2v) is 10.2. The standard InChI is InChI=1S/C32H31F4N5O5/c1-43-29-18-24-26(19-30(29)45-13-3-10-40-11-14-44-15-12-40)38-9-8-27(24)46-28-7-6-23(17-25(28)33)41(31(37)42)39-20-21-4-2-5-22(16-21)32(34,35)36/h2,4-9,16-20H,3,10-15H2,1H3,(H2,37,42)/b39-20+. The zero-order valence-electron chi connectivity index (χ0n) is 24.8. The molecule has 0 atom stereocenters. The summed E-state index contributed by atoms with van der Waals surface area (Å²) in [6.07, 6.45) is -1.22. The number of hydrogen-bond donors (Lipinski definition) is 1. The SMILES string of the molecule is COc1cc2c(Oc3ccc(N(/N=C/c4cccc(C(F)(F)F)c4)C(N)=O)cc3F)ccnc2cc1OCCCN1CCOCC1. The molecule has 0 bridgehead atoms. The molecule has 1 saturated heterocycles. The molecule has 2 N–H and O–H groups in total. The summed E-state index contributed by atoms with van der Waals surface area (Å²) < 4.78 is 77.2. The van der Waals surface area contributed by atoms with E-state index in [0.29, 0.717) is 34.0 Å². The number of ether oxygens (including phenoxy) is 4. The van der Waals surface area contributed by atoms with Gasteiger partial charge in [0.2, 0.25) is 0 Å². The van der Waals surface area contributed by atoms with Gasteiger partial charge < -0.3 is 24.7 Å². The summed E-state index contributed by atoms with van der Waals surface area (Å²) in [5.41, 5.74) is 5.05. The van der Waals surface area contributed by atoms with Crippen LogP contribution in [0.25, 0.3) is 10.9 Å². The minimum atomic E-state index is -4.56. The Morgan fingerprint density at radius 1 is 1.07 bits per heavy atom. The summed E-state index contributed by atoms with van der Waals surface area (Å²) in [6, 6.07) is 11.8. The van der Waals surface area contributed by atoms with E-state index in [9.17, 15) is 18.0 Å². The molecule has 2 heterocycles. The van der Waals surface area contributed by atoms with E-state index in [2.05, 4.69) is 15.0 Å². The van der Waals surface area contributed by atoms with Gasteiger partial charge >= 0.3 is 12.2 Å². The van der Waals surface area contributed by atoms with Crippen LogP contribution in [0.3, 0.4) is 0 Å². The average Bonchev–Trinajstić information content (AvgIpc) is 3.04. The summed E-state index contributed by atoms with van der Waals surface area (Å²) in [5.74, 6) is 0.209. The number of halogens is 4. The Kier molecular flexibility index (Phi) is 10.2. The van der Waals surface area contributed by atoms with Gasteiger partial charge in [-0.25, -0.2) is 9.18 Å². The number of pyridine rings is 1. The number of nitrogens with two attached hydrogens (primary N) is 1. The number of methoxy groups -OCH3 is 1. The number of morpholine rings is 1. The van der Waals surface area contributed by atoms with E-state index in [1.54, 1.807) is 18.2 Å². The Hall–Kier alpha value is -4.95. The Balaban J connectivity index is 1.31. The molecule has 14 heteroatoms. The van der Waals surface area contributed by atoms with Crippen molar-refractivity contribution in [1.29, 1.82) is 0 Å². The van der Waals surface area contributed by atoms with E-state index in [1.165, 1.54) is 37.6 Å². The molecular formula is C32H31F4N5O5. The van der Waals surface area contributed by atoms with E-state index >= 15 is 4.39 Å². The number of benzene rings is 3. The number of amides is 2. The number of hydrogen-bond acceptors (Lipinski definition) is 8. The summed E-state index contributed by atoms with van der Waals surface area (Å²) in [7, 11) is 1.51. The predicted octanol–water partition coefficient (Wildman–Crippen LogP) is 6.21. The first-order chi connectivity index (χ1) is 22.1. The molecule has 0 spiro atoms. The third-order valence-electron chi connectivity index (χ3n) is 7.09. The fourth-order valence-electron chi connectivity index (χ4n) is 4.78. The number of primary amides is 1. The number of carbonyl (C=O) groups excluding carboxylic acids is 1. The first-order valence-electron chi connectivity index (χ1n) is 14.3. The van der Waals surface area contributed by atoms with Gasteiger partial charge in [0.15, 0.2) is 23.1 Å². The third kappa shape index (κ3) is 8.00. The largest absolute Gasteiger partial charge is 0.493 e. The highest BCUT2D eigenvalue weighted by atomic mass is 19.4. The van der Waals surface area contributed by atoms with Gasteiger partial charge in [-0.2, -0.15) is 23.3 Å². The van der Waals surface area contributed by atoms with Crippen LogP contribution in [-0.2, 0) is 10.9 Å². The lowest BCUT2D eigenvalue weighted by molar-refractivity contribution is -0.137. The maximum atomic E-state index is 15.3. The minimum absolute atomic E-state index is 0.0584. The number of alkyl halides is 3. The average molecular weight is 642 g/mol. The molecule has 10 nitrogen and oxygen atoms in total. The van der Waals surface area contributed by atoms with Gasteiger partial charge in [0.05, 0.1) is 49.9 Å². The van der Waals surface area contributed by atoms with Crippen LogP contribution >= 0.6 is 0 Å². The van der Waals surface area contributed by atoms with Gasteiger partial charge in [-0.05, 0) is 48.4 Å². The number of aromatic nitrogens is 1. The van der Waals surface area contributed by atoms with Gasteiger partial charge in [-0.15, -0.1) is 0 Å². The number of urea groups is 1. The number of rotatable bonds is 11. The monoisotopic (exact) mass is 641 g/mol. The van der Waals surface area contributed by atoms with E-state index < -0.39 is 23.6 Å². The normalized spacial score (nSPS) is 14.0. The lowest BCUT2D eigenvalue weighted by Crippen LogP contribution is -2.37. The zero-order chi connectivity index (χ0) is 32.7. The van der Waals surface area contributed by atoms with Crippen molar-refractivity contribution in [3.8, 4) is 23.0 Å². The number of fused-ring (bicyclic) bond motifs is 1. The van der Waals surface area contributed by atoms with Crippen LogP contribution in [-0.4, -0.2) is 68.7 Å². The van der Waals surface area contributed by atoms with E-state index in [-0.39, 0.29) is 22.7 Å². The van der Waals surface area contributed by atoms with Crippen LogP contribution < -0.4 is 25.0 Å². The molecule has 0 unspecified atom stereocenters. The first kappa shape index (κ1) is 32.4. The van der Waals surface area contributed by atoms with Crippen molar-refractivity contribution in [3.05, 3.63) is 83.8 Å². The molecule has 5 rings (SSSR count). The molecule has 1 aliphatic rings. The summed E-state index contributed by atoms with van der Waals surface area (Å²) >= 11 is 0. The topological polar surface area (TPSA) is 112 Å². The summed E-state index contributed by atoms with van der Waals surface area (Å²) in [4.78, 5) is 18.8. The molecule has 2 amide bonds. The summed E-state index contributed by atoms with van der Waals surface area (Å²) in [6.45, 7) is 4.62. The van der Waals surface area contributed by atoms with Crippen molar-refractivity contribution in [1.82, 2.24) is 9.88 Å². The van der Waals surface area contributed by atoms with Crippen LogP contribution in [0.15, 0.2) is 72.0 Å². The maximum absolute atomic E-state index is 15.3. The van der Waals surface area contributed by atoms with Crippen molar-refractivity contribution in [2.75, 3.05) is 51.6 Å². The fourth-order valence-corrected chi connectivity index (χ4v) is 4.78. The number of carbonyl (C=O) groups is 1. The number of hydrazone groups is 1. The molecule has 1 fully saturated rings. The van der Waals surface area contributed by atoms with Crippen LogP contribution in [0.2, 0.25) is 0 Å². The van der Waals surface area contributed by atoms with Crippen molar-refractivity contribution in [2.45, 2.75) is 12.6 Å². The van der Waals surface area contributed by atoms with E-state index in [0.717, 1.165) is 63.7 Å². The van der Waals surface area contributed by atoms with Crippen molar-refractivity contribution in [3.63, 3.8) is 0 Å². The maximum Gasteiger partial charge on any atom is 0.416 e. The lowest BCUT2D eigenvalue weighted by atomic mass is 10.1. The first-order valence-corrected chi connectivity index (χ1v) is 14.3. The van der Waals surface area contributed by atoms with Crippen LogP contribution in [0, 0.1) is 5.82 Å². The minimum Gasteiger partial charge on any atom is -0.493 e. The molecule has 1 aromatic heterocycles. The molecular weight excluding hydrogens is 610 g/mol. The zero-order valence-corrected chi connectivity index (χ0v) is 24.8. The molecule has 4 aromatic rings. The molecule has 0 saturated carbocycles. The van der Waals surface area contributed by atoms with Gasteiger partial charge in [0.25, 0.3) is 0 Å². The van der Waals surface area contributed by atoms with Gasteiger partial charge in [0, 0.05) is 43.4 Å². The number of nitrogens with zero attached hydrogens (tertiary/aromatic N) is 4. The molecule has 0 radical (unpaired) electrons. The number of anilines is 1. The smallest absolute Gasteiger partial charge is 0.416 e. The molecule has 242 valence electrons. The Labute approximate surface area is 261 Å². The van der Waals surface area contributed by atoms with Crippen LogP contribution in [0.5, 0.6) is 23.0 Å². The fraction of sp³-hybridized carbons (Fsp3) is 0.281. The van der Waals surface area contributed by atoms with Crippen LogP contribution in [0.1, 0.15) is 17.5 Å². The quantitative estimate of drug-likeness (QED) is 0.0897. The predicted molar refractivity (Wildman–Crippen MR) is 163 cm³/mol. The Morgan fingerprint density at radius 2 is 1.87 bits per heavy atom. The summed E-state index contributed by atoms with van der Waals surface area (Å²) in [5, 5.41) is 5.07. The van der Waals surface area contributed by atoms with Gasteiger partial charge in [-0.3, -0.25) is 9.88 Å². The second kappa shape index (κ2) is 14.4. The molecule has 1 aliphatic heterocycles. The van der Waals surface area contributed by atoms with Crippen molar-refractivity contribution < 1.29 is 41.3 Å². The Morgan fingerprint density at radius 3 is 2.59 bits per heavy atom. The molecule has 0 aliphatic carbocycles. The third-order valence-corrected chi connectivity index (χ3v) is 7.09. The highest BCUT2D eigenvalue weighted by Gasteiger charge is 2.30. The van der Waals surface area contributed by atoms with Crippen molar-refractivity contribution in [2.24, 2.45) is 10.8 Å². The van der Waals surface area contributed by atoms with Gasteiger partial charge in [0.1, 0.15) is 5.75 Å². The van der Waals surface area contributed by atoms with E-state index in [4.69, 9.17) is 24.7 Å². The van der Waals surface area contributed by atoms with E-state index in [1.807, 2.05) is 0 Å². The van der Waals surface area contributed by atoms with Crippen LogP contribution in [0.4, 0.5) is 28.0 Å².